The first-order valence-corrected chi connectivity index (χ1v) is 5.99. The van der Waals surface area contributed by atoms with E-state index in [1.54, 1.807) is 0 Å². The van der Waals surface area contributed by atoms with Crippen LogP contribution in [-0.4, -0.2) is 30.6 Å². The first-order valence-electron chi connectivity index (χ1n) is 5.99. The molecular weight excluding hydrogens is 186 g/mol. The van der Waals surface area contributed by atoms with Crippen LogP contribution < -0.4 is 5.73 Å². The highest BCUT2D eigenvalue weighted by atomic mass is 15.2. The van der Waals surface area contributed by atoms with E-state index in [1.807, 2.05) is 0 Å². The van der Waals surface area contributed by atoms with Crippen molar-refractivity contribution in [2.24, 2.45) is 11.7 Å². The second-order valence-corrected chi connectivity index (χ2v) is 4.72. The Bertz CT molecular complexity index is 221. The van der Waals surface area contributed by atoms with Crippen molar-refractivity contribution in [3.8, 4) is 6.07 Å². The van der Waals surface area contributed by atoms with Crippen LogP contribution in [0.25, 0.3) is 0 Å². The fourth-order valence-electron chi connectivity index (χ4n) is 2.60. The lowest BCUT2D eigenvalue weighted by molar-refractivity contribution is 0.101. The fraction of sp³-hybridized carbons (Fsp3) is 0.917. The predicted octanol–water partition coefficient (Wildman–Crippen LogP) is 1.74. The van der Waals surface area contributed by atoms with E-state index >= 15 is 0 Å². The van der Waals surface area contributed by atoms with Gasteiger partial charge in [-0.3, -0.25) is 4.90 Å². The van der Waals surface area contributed by atoms with Gasteiger partial charge in [-0.05, 0) is 39.3 Å². The van der Waals surface area contributed by atoms with Gasteiger partial charge in [0.1, 0.15) is 0 Å². The zero-order chi connectivity index (χ0) is 11.3. The predicted molar refractivity (Wildman–Crippen MR) is 62.3 cm³/mol. The number of nitrogens with two attached hydrogens (primary N) is 1. The third-order valence-electron chi connectivity index (χ3n) is 3.78. The van der Waals surface area contributed by atoms with Crippen LogP contribution >= 0.6 is 0 Å². The molecule has 3 heteroatoms. The van der Waals surface area contributed by atoms with E-state index < -0.39 is 0 Å². The maximum Gasteiger partial charge on any atom is 0.0638 e. The molecule has 1 aliphatic rings. The molecule has 0 bridgehead atoms. The van der Waals surface area contributed by atoms with Crippen LogP contribution in [0, 0.1) is 17.2 Å². The van der Waals surface area contributed by atoms with Gasteiger partial charge in [0, 0.05) is 12.1 Å². The highest BCUT2D eigenvalue weighted by molar-refractivity contribution is 4.87. The molecule has 0 aromatic carbocycles. The van der Waals surface area contributed by atoms with E-state index in [2.05, 4.69) is 24.9 Å². The Labute approximate surface area is 93.2 Å². The Balaban J connectivity index is 2.55. The molecule has 1 saturated carbocycles. The molecule has 1 rings (SSSR count). The average Bonchev–Trinajstić information content (AvgIpc) is 2.28. The van der Waals surface area contributed by atoms with Gasteiger partial charge in [-0.2, -0.15) is 5.26 Å². The molecule has 15 heavy (non-hydrogen) atoms. The van der Waals surface area contributed by atoms with Crippen LogP contribution in [-0.2, 0) is 0 Å². The molecule has 2 N–H and O–H groups in total. The molecule has 0 aromatic rings. The summed E-state index contributed by atoms with van der Waals surface area (Å²) in [4.78, 5) is 2.36. The summed E-state index contributed by atoms with van der Waals surface area (Å²) in [5, 5.41) is 8.71. The molecule has 86 valence electrons. The van der Waals surface area contributed by atoms with Crippen molar-refractivity contribution >= 4 is 0 Å². The van der Waals surface area contributed by atoms with Crippen molar-refractivity contribution in [3.05, 3.63) is 0 Å². The van der Waals surface area contributed by atoms with Crippen molar-refractivity contribution < 1.29 is 0 Å². The number of nitriles is 1. The maximum atomic E-state index is 8.71. The lowest BCUT2D eigenvalue weighted by Crippen LogP contribution is -2.46. The number of rotatable bonds is 4. The summed E-state index contributed by atoms with van der Waals surface area (Å²) in [5.41, 5.74) is 5.81. The van der Waals surface area contributed by atoms with Crippen molar-refractivity contribution in [1.29, 1.82) is 5.26 Å². The molecule has 0 heterocycles. The van der Waals surface area contributed by atoms with Crippen LogP contribution in [0.5, 0.6) is 0 Å². The smallest absolute Gasteiger partial charge is 0.0638 e. The number of hydrogen-bond acceptors (Lipinski definition) is 3. The largest absolute Gasteiger partial charge is 0.330 e. The lowest BCUT2D eigenvalue weighted by Gasteiger charge is -2.40. The second kappa shape index (κ2) is 6.09. The summed E-state index contributed by atoms with van der Waals surface area (Å²) in [5.74, 6) is 0.630. The molecule has 3 unspecified atom stereocenters. The quantitative estimate of drug-likeness (QED) is 0.767. The molecule has 3 nitrogen and oxygen atoms in total. The third kappa shape index (κ3) is 3.19. The highest BCUT2D eigenvalue weighted by Crippen LogP contribution is 2.28. The van der Waals surface area contributed by atoms with Gasteiger partial charge in [-0.25, -0.2) is 0 Å². The van der Waals surface area contributed by atoms with Gasteiger partial charge in [0.2, 0.25) is 0 Å². The zero-order valence-electron chi connectivity index (χ0n) is 9.95. The fourth-order valence-corrected chi connectivity index (χ4v) is 2.60. The van der Waals surface area contributed by atoms with Gasteiger partial charge in [-0.1, -0.05) is 12.8 Å². The van der Waals surface area contributed by atoms with E-state index in [-0.39, 0.29) is 0 Å². The van der Waals surface area contributed by atoms with Crippen LogP contribution in [0.4, 0.5) is 0 Å². The van der Waals surface area contributed by atoms with E-state index in [9.17, 15) is 0 Å². The zero-order valence-corrected chi connectivity index (χ0v) is 9.95. The summed E-state index contributed by atoms with van der Waals surface area (Å²) in [6.07, 6.45) is 5.74. The molecular formula is C12H23N3. The van der Waals surface area contributed by atoms with Crippen molar-refractivity contribution in [3.63, 3.8) is 0 Å². The van der Waals surface area contributed by atoms with Gasteiger partial charge in [0.15, 0.2) is 0 Å². The molecule has 0 aromatic heterocycles. The minimum Gasteiger partial charge on any atom is -0.330 e. The maximum absolute atomic E-state index is 8.71. The minimum absolute atomic E-state index is 0.354. The minimum atomic E-state index is 0.354. The Morgan fingerprint density at radius 2 is 2.13 bits per heavy atom. The standard InChI is InChI=1S/C12H23N3/c1-10(7-8-13)15(2)12-6-4-3-5-11(12)9-14/h10-12H,3-7,9,14H2,1-2H3. The second-order valence-electron chi connectivity index (χ2n) is 4.72. The van der Waals surface area contributed by atoms with Crippen LogP contribution in [0.3, 0.4) is 0 Å². The lowest BCUT2D eigenvalue weighted by atomic mass is 9.83. The molecule has 3 atom stereocenters. The van der Waals surface area contributed by atoms with Crippen molar-refractivity contribution in [2.75, 3.05) is 13.6 Å². The van der Waals surface area contributed by atoms with Gasteiger partial charge in [-0.15, -0.1) is 0 Å². The van der Waals surface area contributed by atoms with E-state index in [0.29, 0.717) is 24.4 Å². The number of hydrogen-bond donors (Lipinski definition) is 1. The SMILES string of the molecule is CC(CC#N)N(C)C1CCCCC1CN. The van der Waals surface area contributed by atoms with Crippen LogP contribution in [0.15, 0.2) is 0 Å². The summed E-state index contributed by atoms with van der Waals surface area (Å²) in [7, 11) is 2.14. The first kappa shape index (κ1) is 12.5. The first-order chi connectivity index (χ1) is 7.20. The monoisotopic (exact) mass is 209 g/mol. The normalized spacial score (nSPS) is 28.7. The summed E-state index contributed by atoms with van der Waals surface area (Å²) in [6, 6.07) is 3.19. The Morgan fingerprint density at radius 1 is 1.47 bits per heavy atom. The van der Waals surface area contributed by atoms with Crippen LogP contribution in [0.2, 0.25) is 0 Å². The molecule has 0 radical (unpaired) electrons. The van der Waals surface area contributed by atoms with Crippen molar-refractivity contribution in [1.82, 2.24) is 4.90 Å². The van der Waals surface area contributed by atoms with Gasteiger partial charge >= 0.3 is 0 Å². The molecule has 1 aliphatic carbocycles. The summed E-state index contributed by atoms with van der Waals surface area (Å²) < 4.78 is 0. The topological polar surface area (TPSA) is 53.0 Å². The Kier molecular flexibility index (Phi) is 5.07. The van der Waals surface area contributed by atoms with Gasteiger partial charge < -0.3 is 5.73 Å². The molecule has 0 amide bonds. The summed E-state index contributed by atoms with van der Waals surface area (Å²) >= 11 is 0. The van der Waals surface area contributed by atoms with Gasteiger partial charge in [0.05, 0.1) is 12.5 Å². The average molecular weight is 209 g/mol. The Morgan fingerprint density at radius 3 is 2.73 bits per heavy atom. The highest BCUT2D eigenvalue weighted by Gasteiger charge is 2.29. The van der Waals surface area contributed by atoms with E-state index in [0.717, 1.165) is 6.54 Å². The molecule has 0 saturated heterocycles. The molecule has 0 spiro atoms. The third-order valence-corrected chi connectivity index (χ3v) is 3.78. The van der Waals surface area contributed by atoms with Crippen molar-refractivity contribution in [2.45, 2.75) is 51.1 Å². The van der Waals surface area contributed by atoms with Crippen LogP contribution in [0.1, 0.15) is 39.0 Å². The van der Waals surface area contributed by atoms with Gasteiger partial charge in [0.25, 0.3) is 0 Å². The molecule has 0 aliphatic heterocycles. The van der Waals surface area contributed by atoms with E-state index in [4.69, 9.17) is 11.0 Å². The Hall–Kier alpha value is -0.590. The summed E-state index contributed by atoms with van der Waals surface area (Å²) in [6.45, 7) is 2.92. The number of nitrogens with zero attached hydrogens (tertiary/aromatic N) is 2. The van der Waals surface area contributed by atoms with E-state index in [1.165, 1.54) is 25.7 Å². The molecule has 1 fully saturated rings.